The summed E-state index contributed by atoms with van der Waals surface area (Å²) in [6.07, 6.45) is -4.23. The van der Waals surface area contributed by atoms with Gasteiger partial charge >= 0.3 is 12.1 Å². The van der Waals surface area contributed by atoms with Crippen molar-refractivity contribution in [2.45, 2.75) is 53.3 Å². The molecule has 2 nitrogen and oxygen atoms in total. The summed E-state index contributed by atoms with van der Waals surface area (Å²) in [5.41, 5.74) is 0. The van der Waals surface area contributed by atoms with Crippen molar-refractivity contribution in [3.8, 4) is 0 Å². The third-order valence-electron chi connectivity index (χ3n) is 1.46. The molecule has 0 aliphatic heterocycles. The molecule has 1 amide bonds. The maximum Gasteiger partial charge on any atom is 0.471 e. The fraction of sp³-hybridized carbons (Fsp3) is 0.900. The van der Waals surface area contributed by atoms with Crippen molar-refractivity contribution in [3.05, 3.63) is 0 Å². The first-order valence-corrected chi connectivity index (χ1v) is 5.11. The molecule has 92 valence electrons. The fourth-order valence-electron chi connectivity index (χ4n) is 1.07. The lowest BCUT2D eigenvalue weighted by Crippen LogP contribution is -2.42. The summed E-state index contributed by atoms with van der Waals surface area (Å²) >= 11 is 0. The van der Waals surface area contributed by atoms with Gasteiger partial charge < -0.3 is 5.32 Å². The Labute approximate surface area is 89.2 Å². The van der Waals surface area contributed by atoms with Gasteiger partial charge in [-0.3, -0.25) is 4.79 Å². The Morgan fingerprint density at radius 2 is 1.60 bits per heavy atom. The normalized spacial score (nSPS) is 12.9. The number of nitrogens with one attached hydrogen (secondary N) is 1. The number of amides is 1. The minimum Gasteiger partial charge on any atom is -0.346 e. The second kappa shape index (κ2) is 7.54. The van der Waals surface area contributed by atoms with E-state index >= 15 is 0 Å². The Hall–Kier alpha value is -0.740. The molecule has 0 radical (unpaired) electrons. The fourth-order valence-corrected chi connectivity index (χ4v) is 1.07. The van der Waals surface area contributed by atoms with Crippen LogP contribution in [0.3, 0.4) is 0 Å². The van der Waals surface area contributed by atoms with Crippen LogP contribution in [0.1, 0.15) is 41.0 Å². The smallest absolute Gasteiger partial charge is 0.346 e. The van der Waals surface area contributed by atoms with E-state index in [1.54, 1.807) is 6.92 Å². The van der Waals surface area contributed by atoms with Gasteiger partial charge in [0, 0.05) is 6.04 Å². The van der Waals surface area contributed by atoms with Crippen molar-refractivity contribution < 1.29 is 18.0 Å². The van der Waals surface area contributed by atoms with E-state index in [-0.39, 0.29) is 5.92 Å². The predicted octanol–water partition coefficient (Wildman–Crippen LogP) is 3.13. The number of rotatable bonds is 3. The molecule has 1 unspecified atom stereocenters. The summed E-state index contributed by atoms with van der Waals surface area (Å²) in [6.45, 7) is 9.33. The molecule has 0 aliphatic rings. The van der Waals surface area contributed by atoms with Crippen LogP contribution in [0.2, 0.25) is 0 Å². The highest BCUT2D eigenvalue weighted by atomic mass is 19.4. The van der Waals surface area contributed by atoms with E-state index in [4.69, 9.17) is 0 Å². The minimum atomic E-state index is -4.77. The third kappa shape index (κ3) is 9.56. The molecule has 0 aromatic rings. The van der Waals surface area contributed by atoms with Crippen molar-refractivity contribution in [2.75, 3.05) is 0 Å². The molecule has 0 spiro atoms. The Balaban J connectivity index is 0. The van der Waals surface area contributed by atoms with Crippen molar-refractivity contribution in [1.82, 2.24) is 5.32 Å². The number of carbonyl (C=O) groups excluding carboxylic acids is 1. The van der Waals surface area contributed by atoms with Crippen LogP contribution in [0.15, 0.2) is 0 Å². The van der Waals surface area contributed by atoms with E-state index in [0.717, 1.165) is 0 Å². The van der Waals surface area contributed by atoms with Crippen LogP contribution in [0.25, 0.3) is 0 Å². The van der Waals surface area contributed by atoms with Gasteiger partial charge in [-0.15, -0.1) is 0 Å². The molecule has 1 atom stereocenters. The number of hydrogen-bond donors (Lipinski definition) is 1. The molecule has 0 rings (SSSR count). The zero-order valence-corrected chi connectivity index (χ0v) is 9.90. The largest absolute Gasteiger partial charge is 0.471 e. The SMILES string of the molecule is CC.CC(C)CC(C)NC(=O)C(F)(F)F. The van der Waals surface area contributed by atoms with Crippen molar-refractivity contribution in [3.63, 3.8) is 0 Å². The Bertz CT molecular complexity index is 178. The molecule has 5 heteroatoms. The lowest BCUT2D eigenvalue weighted by atomic mass is 10.1. The Kier molecular flexibility index (Phi) is 8.38. The molecule has 0 heterocycles. The summed E-state index contributed by atoms with van der Waals surface area (Å²) in [5.74, 6) is -1.59. The first-order chi connectivity index (χ1) is 6.73. The predicted molar refractivity (Wildman–Crippen MR) is 54.5 cm³/mol. The average Bonchev–Trinajstić information content (AvgIpc) is 2.04. The van der Waals surface area contributed by atoms with Crippen molar-refractivity contribution >= 4 is 5.91 Å². The highest BCUT2D eigenvalue weighted by molar-refractivity contribution is 5.81. The molecule has 15 heavy (non-hydrogen) atoms. The van der Waals surface area contributed by atoms with Crippen LogP contribution >= 0.6 is 0 Å². The topological polar surface area (TPSA) is 29.1 Å². The van der Waals surface area contributed by atoms with E-state index in [9.17, 15) is 18.0 Å². The minimum absolute atomic E-state index is 0.267. The van der Waals surface area contributed by atoms with Gasteiger partial charge in [0.1, 0.15) is 0 Å². The Morgan fingerprint density at radius 1 is 1.20 bits per heavy atom. The van der Waals surface area contributed by atoms with Gasteiger partial charge in [-0.2, -0.15) is 13.2 Å². The molecule has 0 fully saturated rings. The van der Waals surface area contributed by atoms with E-state index < -0.39 is 18.1 Å². The maximum atomic E-state index is 11.7. The third-order valence-corrected chi connectivity index (χ3v) is 1.46. The van der Waals surface area contributed by atoms with Crippen LogP contribution < -0.4 is 5.32 Å². The highest BCUT2D eigenvalue weighted by Gasteiger charge is 2.39. The van der Waals surface area contributed by atoms with Gasteiger partial charge in [-0.05, 0) is 19.3 Å². The van der Waals surface area contributed by atoms with Crippen LogP contribution in [0.4, 0.5) is 13.2 Å². The van der Waals surface area contributed by atoms with Crippen molar-refractivity contribution in [1.29, 1.82) is 0 Å². The van der Waals surface area contributed by atoms with E-state index in [0.29, 0.717) is 6.42 Å². The van der Waals surface area contributed by atoms with Crippen molar-refractivity contribution in [2.24, 2.45) is 5.92 Å². The first kappa shape index (κ1) is 16.7. The first-order valence-electron chi connectivity index (χ1n) is 5.11. The van der Waals surface area contributed by atoms with E-state index in [1.807, 2.05) is 33.0 Å². The van der Waals surface area contributed by atoms with E-state index in [1.165, 1.54) is 0 Å². The van der Waals surface area contributed by atoms with E-state index in [2.05, 4.69) is 0 Å². The zero-order valence-electron chi connectivity index (χ0n) is 9.90. The standard InChI is InChI=1S/C8H14F3NO.C2H6/c1-5(2)4-6(3)12-7(13)8(9,10)11;1-2/h5-6H,4H2,1-3H3,(H,12,13);1-2H3. The highest BCUT2D eigenvalue weighted by Crippen LogP contribution is 2.15. The van der Waals surface area contributed by atoms with Crippen LogP contribution in [0.5, 0.6) is 0 Å². The van der Waals surface area contributed by atoms with Gasteiger partial charge in [-0.1, -0.05) is 27.7 Å². The zero-order chi connectivity index (χ0) is 12.6. The molecular formula is C10H20F3NO. The molecule has 0 bridgehead atoms. The van der Waals surface area contributed by atoms with Gasteiger partial charge in [0.05, 0.1) is 0 Å². The van der Waals surface area contributed by atoms with Gasteiger partial charge in [0.2, 0.25) is 0 Å². The second-order valence-electron chi connectivity index (χ2n) is 3.50. The van der Waals surface area contributed by atoms with Crippen LogP contribution in [-0.2, 0) is 4.79 Å². The van der Waals surface area contributed by atoms with Gasteiger partial charge in [-0.25, -0.2) is 0 Å². The Morgan fingerprint density at radius 3 is 1.87 bits per heavy atom. The quantitative estimate of drug-likeness (QED) is 0.788. The maximum absolute atomic E-state index is 11.7. The number of alkyl halides is 3. The molecule has 0 saturated heterocycles. The summed E-state index contributed by atoms with van der Waals surface area (Å²) in [7, 11) is 0. The number of carbonyl (C=O) groups is 1. The average molecular weight is 227 g/mol. The lowest BCUT2D eigenvalue weighted by molar-refractivity contribution is -0.174. The summed E-state index contributed by atoms with van der Waals surface area (Å²) in [6, 6.07) is -0.436. The monoisotopic (exact) mass is 227 g/mol. The molecule has 0 aromatic heterocycles. The molecule has 0 aromatic carbocycles. The lowest BCUT2D eigenvalue weighted by Gasteiger charge is -2.16. The summed E-state index contributed by atoms with van der Waals surface area (Å²) in [4.78, 5) is 10.4. The molecular weight excluding hydrogens is 207 g/mol. The second-order valence-corrected chi connectivity index (χ2v) is 3.50. The van der Waals surface area contributed by atoms with Gasteiger partial charge in [0.25, 0.3) is 0 Å². The van der Waals surface area contributed by atoms with Crippen LogP contribution in [0, 0.1) is 5.92 Å². The number of halogens is 3. The molecule has 1 N–H and O–H groups in total. The van der Waals surface area contributed by atoms with Gasteiger partial charge in [0.15, 0.2) is 0 Å². The molecule has 0 saturated carbocycles. The van der Waals surface area contributed by atoms with Crippen LogP contribution in [-0.4, -0.2) is 18.1 Å². The number of hydrogen-bond acceptors (Lipinski definition) is 1. The summed E-state index contributed by atoms with van der Waals surface area (Å²) in [5, 5.41) is 1.89. The molecule has 0 aliphatic carbocycles. The summed E-state index contributed by atoms with van der Waals surface area (Å²) < 4.78 is 35.2.